The first-order chi connectivity index (χ1) is 15.8. The van der Waals surface area contributed by atoms with Crippen LogP contribution < -0.4 is 5.32 Å². The van der Waals surface area contributed by atoms with Crippen LogP contribution in [0.4, 0.5) is 4.79 Å². The van der Waals surface area contributed by atoms with Gasteiger partial charge in [0.25, 0.3) is 0 Å². The number of amides is 2. The van der Waals surface area contributed by atoms with Crippen molar-refractivity contribution in [2.75, 3.05) is 7.05 Å². The van der Waals surface area contributed by atoms with Gasteiger partial charge >= 0.3 is 6.09 Å². The molecule has 5 atom stereocenters. The van der Waals surface area contributed by atoms with Crippen LogP contribution in [-0.4, -0.2) is 56.2 Å². The van der Waals surface area contributed by atoms with E-state index < -0.39 is 20.5 Å². The van der Waals surface area contributed by atoms with Gasteiger partial charge in [-0.3, -0.25) is 9.59 Å². The Balaban J connectivity index is 1.64. The standard InChI is InChI=1S/C26H40N2O5Si/c1-17(33-34(6,7)26(2,3)4)21-22(27-24(21)30)19-14-11-15-20(23(19)29)28(5)25(31)32-16-18-12-9-8-10-13-18/h8-10,12-13,17,19-22H,11,14-16H2,1-7H3,(H,27,30)/t17-,19-,20+,21-,22-/m1/s1. The first kappa shape index (κ1) is 26.4. The van der Waals surface area contributed by atoms with Gasteiger partial charge in [0, 0.05) is 13.0 Å². The molecule has 34 heavy (non-hydrogen) atoms. The average molecular weight is 489 g/mol. The summed E-state index contributed by atoms with van der Waals surface area (Å²) in [6.07, 6.45) is 1.35. The van der Waals surface area contributed by atoms with E-state index in [1.165, 1.54) is 4.90 Å². The van der Waals surface area contributed by atoms with Crippen molar-refractivity contribution in [1.82, 2.24) is 10.2 Å². The molecule has 1 aliphatic heterocycles. The second-order valence-corrected chi connectivity index (χ2v) is 16.0. The summed E-state index contributed by atoms with van der Waals surface area (Å²) in [5.41, 5.74) is 0.896. The number of hydrogen-bond donors (Lipinski definition) is 1. The fourth-order valence-corrected chi connectivity index (χ4v) is 6.17. The topological polar surface area (TPSA) is 84.9 Å². The Morgan fingerprint density at radius 3 is 2.41 bits per heavy atom. The minimum absolute atomic E-state index is 0.0000578. The van der Waals surface area contributed by atoms with Crippen LogP contribution in [0.1, 0.15) is 52.5 Å². The zero-order valence-electron chi connectivity index (χ0n) is 21.6. The summed E-state index contributed by atoms with van der Waals surface area (Å²) < 4.78 is 11.9. The SMILES string of the molecule is C[C@@H](O[Si](C)(C)C(C)(C)C)[C@H]1C(=O)N[C@@H]1[C@H]1CCC[C@H](N(C)C(=O)OCc2ccccc2)C1=O. The molecule has 2 aliphatic rings. The number of rotatable bonds is 7. The summed E-state index contributed by atoms with van der Waals surface area (Å²) in [5.74, 6) is -0.727. The molecular formula is C26H40N2O5Si. The van der Waals surface area contributed by atoms with E-state index in [-0.39, 0.29) is 47.3 Å². The highest BCUT2D eigenvalue weighted by Gasteiger charge is 2.53. The molecule has 0 aromatic heterocycles. The van der Waals surface area contributed by atoms with Gasteiger partial charge in [-0.05, 0) is 43.5 Å². The molecule has 1 aliphatic carbocycles. The number of nitrogens with one attached hydrogen (secondary N) is 1. The minimum atomic E-state index is -2.06. The predicted molar refractivity (Wildman–Crippen MR) is 134 cm³/mol. The number of carbonyl (C=O) groups is 3. The van der Waals surface area contributed by atoms with Crippen molar-refractivity contribution in [3.05, 3.63) is 35.9 Å². The van der Waals surface area contributed by atoms with Crippen molar-refractivity contribution in [1.29, 1.82) is 0 Å². The molecule has 0 unspecified atom stereocenters. The minimum Gasteiger partial charge on any atom is -0.445 e. The van der Waals surface area contributed by atoms with Crippen molar-refractivity contribution < 1.29 is 23.5 Å². The van der Waals surface area contributed by atoms with Crippen LogP contribution in [0.3, 0.4) is 0 Å². The van der Waals surface area contributed by atoms with Gasteiger partial charge in [0.05, 0.1) is 24.1 Å². The van der Waals surface area contributed by atoms with Crippen LogP contribution in [0.25, 0.3) is 0 Å². The maximum absolute atomic E-state index is 13.5. The highest BCUT2D eigenvalue weighted by Crippen LogP contribution is 2.41. The number of carbonyl (C=O) groups excluding carboxylic acids is 3. The lowest BCUT2D eigenvalue weighted by atomic mass is 9.70. The maximum atomic E-state index is 13.5. The van der Waals surface area contributed by atoms with E-state index in [4.69, 9.17) is 9.16 Å². The lowest BCUT2D eigenvalue weighted by Crippen LogP contribution is -2.68. The molecular weight excluding hydrogens is 448 g/mol. The molecule has 1 saturated carbocycles. The van der Waals surface area contributed by atoms with Gasteiger partial charge < -0.3 is 19.4 Å². The smallest absolute Gasteiger partial charge is 0.410 e. The Kier molecular flexibility index (Phi) is 7.92. The molecule has 2 fully saturated rings. The molecule has 1 aromatic rings. The van der Waals surface area contributed by atoms with Crippen LogP contribution in [-0.2, 0) is 25.4 Å². The second-order valence-electron chi connectivity index (χ2n) is 11.3. The van der Waals surface area contributed by atoms with Gasteiger partial charge in [-0.25, -0.2) is 4.79 Å². The van der Waals surface area contributed by atoms with Crippen LogP contribution >= 0.6 is 0 Å². The van der Waals surface area contributed by atoms with Crippen molar-refractivity contribution in [3.8, 4) is 0 Å². The zero-order valence-corrected chi connectivity index (χ0v) is 22.6. The molecule has 2 amide bonds. The molecule has 7 nitrogen and oxygen atoms in total. The average Bonchev–Trinajstić information content (AvgIpc) is 2.75. The molecule has 1 heterocycles. The van der Waals surface area contributed by atoms with Gasteiger partial charge in [0.15, 0.2) is 14.1 Å². The summed E-state index contributed by atoms with van der Waals surface area (Å²) in [6, 6.07) is 8.67. The molecule has 3 rings (SSSR count). The van der Waals surface area contributed by atoms with E-state index in [2.05, 4.69) is 39.2 Å². The Labute approximate surface area is 204 Å². The number of likely N-dealkylation sites (N-methyl/N-ethyl adjacent to an activating group) is 1. The normalized spacial score (nSPS) is 26.3. The molecule has 1 saturated heterocycles. The predicted octanol–water partition coefficient (Wildman–Crippen LogP) is 4.52. The third kappa shape index (κ3) is 5.54. The van der Waals surface area contributed by atoms with Crippen LogP contribution in [0.15, 0.2) is 30.3 Å². The van der Waals surface area contributed by atoms with Gasteiger partial charge in [0.1, 0.15) is 6.61 Å². The lowest BCUT2D eigenvalue weighted by Gasteiger charge is -2.49. The zero-order chi connectivity index (χ0) is 25.3. The Morgan fingerprint density at radius 1 is 1.18 bits per heavy atom. The summed E-state index contributed by atoms with van der Waals surface area (Å²) >= 11 is 0. The summed E-state index contributed by atoms with van der Waals surface area (Å²) in [7, 11) is -0.433. The Hall–Kier alpha value is -2.19. The molecule has 188 valence electrons. The fraction of sp³-hybridized carbons (Fsp3) is 0.654. The number of benzene rings is 1. The first-order valence-electron chi connectivity index (χ1n) is 12.3. The van der Waals surface area contributed by atoms with E-state index >= 15 is 0 Å². The van der Waals surface area contributed by atoms with Crippen molar-refractivity contribution in [2.24, 2.45) is 11.8 Å². The Bertz CT molecular complexity index is 898. The van der Waals surface area contributed by atoms with Crippen LogP contribution in [0.2, 0.25) is 18.1 Å². The van der Waals surface area contributed by atoms with E-state index in [1.54, 1.807) is 7.05 Å². The van der Waals surface area contributed by atoms with Crippen LogP contribution in [0, 0.1) is 11.8 Å². The molecule has 8 heteroatoms. The van der Waals surface area contributed by atoms with Gasteiger partial charge in [-0.2, -0.15) is 0 Å². The summed E-state index contributed by atoms with van der Waals surface area (Å²) in [5, 5.41) is 3.01. The highest BCUT2D eigenvalue weighted by molar-refractivity contribution is 6.74. The van der Waals surface area contributed by atoms with E-state index in [9.17, 15) is 14.4 Å². The maximum Gasteiger partial charge on any atom is 0.410 e. The largest absolute Gasteiger partial charge is 0.445 e. The summed E-state index contributed by atoms with van der Waals surface area (Å²) in [4.78, 5) is 40.1. The number of hydrogen-bond acceptors (Lipinski definition) is 5. The molecule has 0 spiro atoms. The fourth-order valence-electron chi connectivity index (χ4n) is 4.74. The highest BCUT2D eigenvalue weighted by atomic mass is 28.4. The van der Waals surface area contributed by atoms with E-state index in [0.717, 1.165) is 12.0 Å². The second kappa shape index (κ2) is 10.2. The number of β-lactam (4-membered cyclic amide) rings is 1. The van der Waals surface area contributed by atoms with Crippen molar-refractivity contribution in [3.63, 3.8) is 0 Å². The third-order valence-electron chi connectivity index (χ3n) is 7.87. The molecule has 1 N–H and O–H groups in total. The molecule has 0 bridgehead atoms. The first-order valence-corrected chi connectivity index (χ1v) is 15.2. The van der Waals surface area contributed by atoms with Gasteiger partial charge in [0.2, 0.25) is 5.91 Å². The number of ketones is 1. The molecule has 1 aromatic carbocycles. The number of ether oxygens (including phenoxy) is 1. The summed E-state index contributed by atoms with van der Waals surface area (Å²) in [6.45, 7) is 13.0. The lowest BCUT2D eigenvalue weighted by molar-refractivity contribution is -0.147. The van der Waals surface area contributed by atoms with Crippen molar-refractivity contribution >= 4 is 26.1 Å². The van der Waals surface area contributed by atoms with Gasteiger partial charge in [-0.1, -0.05) is 57.5 Å². The quantitative estimate of drug-likeness (QED) is 0.451. The van der Waals surface area contributed by atoms with E-state index in [0.29, 0.717) is 12.8 Å². The van der Waals surface area contributed by atoms with Gasteiger partial charge in [-0.15, -0.1) is 0 Å². The third-order valence-corrected chi connectivity index (χ3v) is 12.4. The molecule has 0 radical (unpaired) electrons. The number of nitrogens with zero attached hydrogens (tertiary/aromatic N) is 1. The monoisotopic (exact) mass is 488 g/mol. The van der Waals surface area contributed by atoms with Crippen molar-refractivity contribution in [2.45, 2.75) is 89.9 Å². The number of Topliss-reactive ketones (excluding diaryl/α,β-unsaturated/α-hetero) is 1. The Morgan fingerprint density at radius 2 is 1.82 bits per heavy atom. The van der Waals surface area contributed by atoms with Crippen LogP contribution in [0.5, 0.6) is 0 Å². The van der Waals surface area contributed by atoms with E-state index in [1.807, 2.05) is 37.3 Å².